The summed E-state index contributed by atoms with van der Waals surface area (Å²) in [5, 5.41) is 5.04. The molecular weight excluding hydrogens is 352 g/mol. The average molecular weight is 367 g/mol. The molecule has 8 heteroatoms. The largest absolute Gasteiger partial charge is 0.356 e. The van der Waals surface area contributed by atoms with E-state index >= 15 is 0 Å². The molecule has 27 heavy (non-hydrogen) atoms. The van der Waals surface area contributed by atoms with E-state index in [1.165, 1.54) is 0 Å². The van der Waals surface area contributed by atoms with Crippen LogP contribution < -0.4 is 0 Å². The molecule has 1 unspecified atom stereocenters. The molecule has 1 aliphatic rings. The van der Waals surface area contributed by atoms with Gasteiger partial charge in [-0.25, -0.2) is 23.4 Å². The Morgan fingerprint density at radius 3 is 2.81 bits per heavy atom. The number of hydrogen-bond donors (Lipinski definition) is 0. The van der Waals surface area contributed by atoms with Crippen LogP contribution in [0.15, 0.2) is 36.7 Å². The predicted molar refractivity (Wildman–Crippen MR) is 94.8 cm³/mol. The van der Waals surface area contributed by atoms with Gasteiger partial charge < -0.3 is 4.74 Å². The number of halogens is 2. The molecule has 3 aromatic heterocycles. The van der Waals surface area contributed by atoms with E-state index < -0.39 is 11.6 Å². The zero-order valence-corrected chi connectivity index (χ0v) is 14.3. The van der Waals surface area contributed by atoms with E-state index in [9.17, 15) is 8.78 Å². The standard InChI is InChI=1S/C19H15F2N5O/c20-12-8-11-16(9-13(12)21)26(17-5-1-2-7-27-17)25-18(11)19-23-10-15-14(24-19)4-3-6-22-15/h3-4,6,8-10,17H,1-2,5,7H2. The van der Waals surface area contributed by atoms with Crippen molar-refractivity contribution < 1.29 is 13.5 Å². The summed E-state index contributed by atoms with van der Waals surface area (Å²) in [5.74, 6) is -1.52. The van der Waals surface area contributed by atoms with Crippen molar-refractivity contribution in [1.29, 1.82) is 0 Å². The van der Waals surface area contributed by atoms with Crippen molar-refractivity contribution in [3.63, 3.8) is 0 Å². The second-order valence-corrected chi connectivity index (χ2v) is 6.50. The average Bonchev–Trinajstić information content (AvgIpc) is 3.07. The molecule has 0 aliphatic carbocycles. The smallest absolute Gasteiger partial charge is 0.181 e. The minimum atomic E-state index is -0.935. The number of benzene rings is 1. The first kappa shape index (κ1) is 16.2. The molecule has 0 radical (unpaired) electrons. The Kier molecular flexibility index (Phi) is 3.78. The highest BCUT2D eigenvalue weighted by Gasteiger charge is 2.24. The maximum atomic E-state index is 14.0. The van der Waals surface area contributed by atoms with Crippen molar-refractivity contribution in [3.8, 4) is 11.5 Å². The molecule has 1 atom stereocenters. The van der Waals surface area contributed by atoms with Gasteiger partial charge in [-0.05, 0) is 37.5 Å². The summed E-state index contributed by atoms with van der Waals surface area (Å²) in [5.41, 5.74) is 2.16. The van der Waals surface area contributed by atoms with Gasteiger partial charge in [-0.1, -0.05) is 0 Å². The van der Waals surface area contributed by atoms with Crippen LogP contribution in [0.25, 0.3) is 33.5 Å². The Labute approximate surface area is 152 Å². The van der Waals surface area contributed by atoms with E-state index in [-0.39, 0.29) is 6.23 Å². The zero-order valence-electron chi connectivity index (χ0n) is 14.3. The molecule has 5 rings (SSSR count). The highest BCUT2D eigenvalue weighted by molar-refractivity contribution is 5.92. The topological polar surface area (TPSA) is 65.7 Å². The number of fused-ring (bicyclic) bond motifs is 2. The quantitative estimate of drug-likeness (QED) is 0.535. The Hall–Kier alpha value is -3.00. The first-order valence-electron chi connectivity index (χ1n) is 8.78. The van der Waals surface area contributed by atoms with Crippen molar-refractivity contribution in [3.05, 3.63) is 48.3 Å². The molecule has 1 aliphatic heterocycles. The molecule has 1 fully saturated rings. The number of ether oxygens (including phenoxy) is 1. The van der Waals surface area contributed by atoms with Crippen LogP contribution in [0.4, 0.5) is 8.78 Å². The van der Waals surface area contributed by atoms with Gasteiger partial charge in [0, 0.05) is 24.3 Å². The van der Waals surface area contributed by atoms with Crippen molar-refractivity contribution in [1.82, 2.24) is 24.7 Å². The van der Waals surface area contributed by atoms with Gasteiger partial charge in [-0.15, -0.1) is 0 Å². The van der Waals surface area contributed by atoms with Gasteiger partial charge >= 0.3 is 0 Å². The van der Waals surface area contributed by atoms with E-state index in [0.29, 0.717) is 40.1 Å². The van der Waals surface area contributed by atoms with Crippen molar-refractivity contribution in [2.24, 2.45) is 0 Å². The Bertz CT molecular complexity index is 1150. The third kappa shape index (κ3) is 2.73. The van der Waals surface area contributed by atoms with Gasteiger partial charge in [0.1, 0.15) is 11.2 Å². The highest BCUT2D eigenvalue weighted by Crippen LogP contribution is 2.33. The van der Waals surface area contributed by atoms with Crippen LogP contribution in [0.5, 0.6) is 0 Å². The fraction of sp³-hybridized carbons (Fsp3) is 0.263. The summed E-state index contributed by atoms with van der Waals surface area (Å²) in [4.78, 5) is 13.0. The van der Waals surface area contributed by atoms with Gasteiger partial charge in [-0.3, -0.25) is 4.98 Å². The fourth-order valence-corrected chi connectivity index (χ4v) is 3.41. The first-order chi connectivity index (χ1) is 13.2. The zero-order chi connectivity index (χ0) is 18.4. The summed E-state index contributed by atoms with van der Waals surface area (Å²) in [6.07, 6.45) is 5.67. The van der Waals surface area contributed by atoms with Gasteiger partial charge in [0.2, 0.25) is 0 Å². The van der Waals surface area contributed by atoms with Gasteiger partial charge in [0.25, 0.3) is 0 Å². The monoisotopic (exact) mass is 367 g/mol. The first-order valence-corrected chi connectivity index (χ1v) is 8.78. The molecule has 0 saturated carbocycles. The number of pyridine rings is 1. The van der Waals surface area contributed by atoms with Crippen LogP contribution in [0.1, 0.15) is 25.5 Å². The Balaban J connectivity index is 1.74. The van der Waals surface area contributed by atoms with Crippen LogP contribution >= 0.6 is 0 Å². The van der Waals surface area contributed by atoms with E-state index in [4.69, 9.17) is 4.74 Å². The third-order valence-corrected chi connectivity index (χ3v) is 4.74. The van der Waals surface area contributed by atoms with Crippen molar-refractivity contribution >= 4 is 21.9 Å². The Morgan fingerprint density at radius 2 is 1.96 bits per heavy atom. The number of nitrogens with zero attached hydrogens (tertiary/aromatic N) is 5. The summed E-state index contributed by atoms with van der Waals surface area (Å²) >= 11 is 0. The van der Waals surface area contributed by atoms with E-state index in [1.807, 2.05) is 6.07 Å². The van der Waals surface area contributed by atoms with E-state index in [0.717, 1.165) is 31.4 Å². The van der Waals surface area contributed by atoms with Crippen LogP contribution in [0, 0.1) is 11.6 Å². The minimum Gasteiger partial charge on any atom is -0.356 e. The fourth-order valence-electron chi connectivity index (χ4n) is 3.41. The molecular formula is C19H15F2N5O. The highest BCUT2D eigenvalue weighted by atomic mass is 19.2. The lowest BCUT2D eigenvalue weighted by atomic mass is 10.1. The van der Waals surface area contributed by atoms with Gasteiger partial charge in [0.05, 0.1) is 17.2 Å². The number of rotatable bonds is 2. The summed E-state index contributed by atoms with van der Waals surface area (Å²) < 4.78 is 35.3. The molecule has 1 saturated heterocycles. The lowest BCUT2D eigenvalue weighted by Gasteiger charge is -2.23. The molecule has 4 aromatic rings. The third-order valence-electron chi connectivity index (χ3n) is 4.74. The summed E-state index contributed by atoms with van der Waals surface area (Å²) in [6, 6.07) is 5.89. The normalized spacial score (nSPS) is 17.6. The maximum absolute atomic E-state index is 14.0. The number of hydrogen-bond acceptors (Lipinski definition) is 5. The van der Waals surface area contributed by atoms with Crippen LogP contribution in [-0.2, 0) is 4.74 Å². The molecule has 0 amide bonds. The summed E-state index contributed by atoms with van der Waals surface area (Å²) in [6.45, 7) is 0.614. The lowest BCUT2D eigenvalue weighted by molar-refractivity contribution is -0.0365. The van der Waals surface area contributed by atoms with Gasteiger partial charge in [-0.2, -0.15) is 5.10 Å². The predicted octanol–water partition coefficient (Wildman–Crippen LogP) is 4.02. The van der Waals surface area contributed by atoms with Gasteiger partial charge in [0.15, 0.2) is 23.7 Å². The number of aromatic nitrogens is 5. The molecule has 0 spiro atoms. The van der Waals surface area contributed by atoms with Crippen LogP contribution in [0.2, 0.25) is 0 Å². The molecule has 1 aromatic carbocycles. The second-order valence-electron chi connectivity index (χ2n) is 6.50. The summed E-state index contributed by atoms with van der Waals surface area (Å²) in [7, 11) is 0. The molecule has 136 valence electrons. The van der Waals surface area contributed by atoms with E-state index in [2.05, 4.69) is 20.1 Å². The van der Waals surface area contributed by atoms with Crippen molar-refractivity contribution in [2.45, 2.75) is 25.5 Å². The molecule has 0 N–H and O–H groups in total. The van der Waals surface area contributed by atoms with E-state index in [1.54, 1.807) is 23.1 Å². The minimum absolute atomic E-state index is 0.318. The molecule has 4 heterocycles. The molecule has 6 nitrogen and oxygen atoms in total. The molecule has 0 bridgehead atoms. The lowest BCUT2D eigenvalue weighted by Crippen LogP contribution is -2.19. The SMILES string of the molecule is Fc1cc2c(-c3ncc4ncccc4n3)nn(C3CCCCO3)c2cc1F. The second kappa shape index (κ2) is 6.31. The van der Waals surface area contributed by atoms with Crippen molar-refractivity contribution in [2.75, 3.05) is 6.61 Å². The van der Waals surface area contributed by atoms with Crippen LogP contribution in [-0.4, -0.2) is 31.3 Å². The maximum Gasteiger partial charge on any atom is 0.181 e. The Morgan fingerprint density at radius 1 is 1.07 bits per heavy atom. The van der Waals surface area contributed by atoms with Crippen LogP contribution in [0.3, 0.4) is 0 Å².